The number of carbonyl (C=O) groups is 2. The van der Waals surface area contributed by atoms with Crippen molar-refractivity contribution in [3.8, 4) is 5.75 Å². The first-order chi connectivity index (χ1) is 14.9. The zero-order valence-corrected chi connectivity index (χ0v) is 16.8. The SMILES string of the molecule is Cc1ccc(C(=O)Nc2ccc3c(c2)ncn3C(CC(=O)O)c2ccccc2)cc1O. The minimum absolute atomic E-state index is 0.0622. The molecule has 0 spiro atoms. The van der Waals surface area contributed by atoms with Crippen LogP contribution in [0.25, 0.3) is 11.0 Å². The van der Waals surface area contributed by atoms with E-state index >= 15 is 0 Å². The fourth-order valence-corrected chi connectivity index (χ4v) is 3.53. The summed E-state index contributed by atoms with van der Waals surface area (Å²) in [4.78, 5) is 28.4. The predicted molar refractivity (Wildman–Crippen MR) is 117 cm³/mol. The molecule has 0 bridgehead atoms. The number of carboxylic acids is 1. The smallest absolute Gasteiger partial charge is 0.305 e. The standard InChI is InChI=1S/C24H21N3O4/c1-15-7-8-17(11-22(15)28)24(31)26-18-9-10-20-19(12-18)25-14-27(20)21(13-23(29)30)16-5-3-2-4-6-16/h2-12,14,21,28H,13H2,1H3,(H,26,31)(H,29,30). The van der Waals surface area contributed by atoms with Gasteiger partial charge in [0, 0.05) is 11.3 Å². The second kappa shape index (κ2) is 8.31. The van der Waals surface area contributed by atoms with Gasteiger partial charge in [-0.3, -0.25) is 9.59 Å². The maximum Gasteiger partial charge on any atom is 0.305 e. The molecule has 3 N–H and O–H groups in total. The third-order valence-corrected chi connectivity index (χ3v) is 5.19. The molecule has 1 amide bonds. The number of fused-ring (bicyclic) bond motifs is 1. The minimum atomic E-state index is -0.902. The summed E-state index contributed by atoms with van der Waals surface area (Å²) in [6.07, 6.45) is 1.54. The largest absolute Gasteiger partial charge is 0.508 e. The second-order valence-electron chi connectivity index (χ2n) is 7.34. The number of amides is 1. The zero-order valence-electron chi connectivity index (χ0n) is 16.8. The Morgan fingerprint density at radius 1 is 1.06 bits per heavy atom. The summed E-state index contributed by atoms with van der Waals surface area (Å²) in [6.45, 7) is 1.76. The van der Waals surface area contributed by atoms with Gasteiger partial charge in [-0.1, -0.05) is 36.4 Å². The fourth-order valence-electron chi connectivity index (χ4n) is 3.53. The first-order valence-corrected chi connectivity index (χ1v) is 9.76. The van der Waals surface area contributed by atoms with Crippen LogP contribution in [0.1, 0.15) is 33.9 Å². The van der Waals surface area contributed by atoms with Crippen LogP contribution in [-0.4, -0.2) is 31.6 Å². The van der Waals surface area contributed by atoms with Crippen molar-refractivity contribution in [2.75, 3.05) is 5.32 Å². The fraction of sp³-hybridized carbons (Fsp3) is 0.125. The molecule has 31 heavy (non-hydrogen) atoms. The molecule has 0 fully saturated rings. The number of aliphatic carboxylic acids is 1. The van der Waals surface area contributed by atoms with E-state index in [1.165, 1.54) is 6.07 Å². The molecule has 7 heteroatoms. The van der Waals surface area contributed by atoms with Crippen molar-refractivity contribution in [1.29, 1.82) is 0 Å². The molecule has 0 aliphatic heterocycles. The number of hydrogen-bond acceptors (Lipinski definition) is 4. The number of aryl methyl sites for hydroxylation is 1. The molecule has 7 nitrogen and oxygen atoms in total. The van der Waals surface area contributed by atoms with Crippen LogP contribution in [0.2, 0.25) is 0 Å². The average molecular weight is 415 g/mol. The van der Waals surface area contributed by atoms with Gasteiger partial charge in [-0.05, 0) is 48.4 Å². The van der Waals surface area contributed by atoms with Crippen molar-refractivity contribution >= 4 is 28.6 Å². The van der Waals surface area contributed by atoms with Crippen LogP contribution < -0.4 is 5.32 Å². The number of phenolic OH excluding ortho intramolecular Hbond substituents is 1. The van der Waals surface area contributed by atoms with Gasteiger partial charge in [-0.15, -0.1) is 0 Å². The van der Waals surface area contributed by atoms with Crippen LogP contribution in [0, 0.1) is 6.92 Å². The Labute approximate surface area is 178 Å². The zero-order chi connectivity index (χ0) is 22.0. The summed E-state index contributed by atoms with van der Waals surface area (Å²) < 4.78 is 1.84. The van der Waals surface area contributed by atoms with E-state index in [1.54, 1.807) is 37.5 Å². The highest BCUT2D eigenvalue weighted by molar-refractivity contribution is 6.05. The number of carboxylic acid groups (broad SMARTS) is 1. The third kappa shape index (κ3) is 4.25. The summed E-state index contributed by atoms with van der Waals surface area (Å²) in [5.41, 5.74) is 3.87. The molecule has 0 saturated heterocycles. The van der Waals surface area contributed by atoms with E-state index in [0.717, 1.165) is 11.1 Å². The van der Waals surface area contributed by atoms with Crippen molar-refractivity contribution in [1.82, 2.24) is 9.55 Å². The maximum atomic E-state index is 12.5. The Kier molecular flexibility index (Phi) is 5.41. The second-order valence-corrected chi connectivity index (χ2v) is 7.34. The molecule has 156 valence electrons. The van der Waals surface area contributed by atoms with Gasteiger partial charge in [-0.25, -0.2) is 4.98 Å². The summed E-state index contributed by atoms with van der Waals surface area (Å²) in [5, 5.41) is 22.0. The van der Waals surface area contributed by atoms with Crippen LogP contribution in [-0.2, 0) is 4.79 Å². The monoisotopic (exact) mass is 415 g/mol. The van der Waals surface area contributed by atoms with Crippen molar-refractivity contribution in [3.63, 3.8) is 0 Å². The molecule has 0 radical (unpaired) electrons. The van der Waals surface area contributed by atoms with Crippen LogP contribution in [0.15, 0.2) is 73.1 Å². The van der Waals surface area contributed by atoms with Crippen molar-refractivity contribution in [2.24, 2.45) is 0 Å². The Bertz CT molecular complexity index is 1260. The lowest BCUT2D eigenvalue weighted by molar-refractivity contribution is -0.137. The molecule has 0 aliphatic rings. The van der Waals surface area contributed by atoms with E-state index < -0.39 is 12.0 Å². The molecule has 3 aromatic carbocycles. The summed E-state index contributed by atoms with van der Waals surface area (Å²) >= 11 is 0. The number of nitrogens with zero attached hydrogens (tertiary/aromatic N) is 2. The average Bonchev–Trinajstić information content (AvgIpc) is 3.17. The van der Waals surface area contributed by atoms with E-state index in [4.69, 9.17) is 0 Å². The Morgan fingerprint density at radius 2 is 1.84 bits per heavy atom. The summed E-state index contributed by atoms with van der Waals surface area (Å²) in [7, 11) is 0. The molecule has 1 aromatic heterocycles. The number of hydrogen-bond donors (Lipinski definition) is 3. The van der Waals surface area contributed by atoms with Gasteiger partial charge >= 0.3 is 5.97 Å². The quantitative estimate of drug-likeness (QED) is 0.434. The first-order valence-electron chi connectivity index (χ1n) is 9.76. The number of phenols is 1. The van der Waals surface area contributed by atoms with Crippen LogP contribution in [0.3, 0.4) is 0 Å². The first kappa shape index (κ1) is 20.2. The molecular weight excluding hydrogens is 394 g/mol. The highest BCUT2D eigenvalue weighted by atomic mass is 16.4. The highest BCUT2D eigenvalue weighted by Crippen LogP contribution is 2.28. The molecule has 1 heterocycles. The van der Waals surface area contributed by atoms with Gasteiger partial charge in [-0.2, -0.15) is 0 Å². The third-order valence-electron chi connectivity index (χ3n) is 5.19. The Balaban J connectivity index is 1.63. The van der Waals surface area contributed by atoms with E-state index in [9.17, 15) is 19.8 Å². The van der Waals surface area contributed by atoms with Gasteiger partial charge < -0.3 is 20.1 Å². The van der Waals surface area contributed by atoms with Gasteiger partial charge in [0.1, 0.15) is 5.75 Å². The van der Waals surface area contributed by atoms with E-state index in [-0.39, 0.29) is 18.1 Å². The molecule has 0 saturated carbocycles. The molecule has 1 unspecified atom stereocenters. The van der Waals surface area contributed by atoms with Gasteiger partial charge in [0.2, 0.25) is 0 Å². The number of rotatable bonds is 6. The minimum Gasteiger partial charge on any atom is -0.508 e. The van der Waals surface area contributed by atoms with Crippen molar-refractivity contribution in [2.45, 2.75) is 19.4 Å². The molecule has 4 aromatic rings. The highest BCUT2D eigenvalue weighted by Gasteiger charge is 2.20. The topological polar surface area (TPSA) is 104 Å². The summed E-state index contributed by atoms with van der Waals surface area (Å²) in [6, 6.07) is 19.1. The number of anilines is 1. The van der Waals surface area contributed by atoms with Gasteiger partial charge in [0.25, 0.3) is 5.91 Å². The normalized spacial score (nSPS) is 11.9. The van der Waals surface area contributed by atoms with E-state index in [2.05, 4.69) is 10.3 Å². The van der Waals surface area contributed by atoms with Crippen LogP contribution in [0.4, 0.5) is 5.69 Å². The van der Waals surface area contributed by atoms with Gasteiger partial charge in [0.05, 0.1) is 29.8 Å². The number of aromatic hydroxyl groups is 1. The lowest BCUT2D eigenvalue weighted by Crippen LogP contribution is -2.14. The number of aromatic nitrogens is 2. The molecule has 1 atom stereocenters. The number of carbonyl (C=O) groups excluding carboxylic acids is 1. The van der Waals surface area contributed by atoms with Crippen LogP contribution >= 0.6 is 0 Å². The molecular formula is C24H21N3O4. The lowest BCUT2D eigenvalue weighted by Gasteiger charge is -2.18. The summed E-state index contributed by atoms with van der Waals surface area (Å²) in [5.74, 6) is -1.18. The molecule has 0 aliphatic carbocycles. The number of imidazole rings is 1. The maximum absolute atomic E-state index is 12.5. The van der Waals surface area contributed by atoms with Crippen LogP contribution in [0.5, 0.6) is 5.75 Å². The van der Waals surface area contributed by atoms with Crippen molar-refractivity contribution < 1.29 is 19.8 Å². The van der Waals surface area contributed by atoms with E-state index in [1.807, 2.05) is 41.0 Å². The van der Waals surface area contributed by atoms with Gasteiger partial charge in [0.15, 0.2) is 0 Å². The lowest BCUT2D eigenvalue weighted by atomic mass is 10.0. The number of benzene rings is 3. The Morgan fingerprint density at radius 3 is 2.55 bits per heavy atom. The van der Waals surface area contributed by atoms with E-state index in [0.29, 0.717) is 22.3 Å². The predicted octanol–water partition coefficient (Wildman–Crippen LogP) is 4.37. The Hall–Kier alpha value is -4.13. The molecule has 4 rings (SSSR count). The van der Waals surface area contributed by atoms with Crippen molar-refractivity contribution in [3.05, 3.63) is 89.7 Å². The number of nitrogens with one attached hydrogen (secondary N) is 1.